The summed E-state index contributed by atoms with van der Waals surface area (Å²) in [4.78, 5) is 2.07. The van der Waals surface area contributed by atoms with Gasteiger partial charge in [0.25, 0.3) is 0 Å². The highest BCUT2D eigenvalue weighted by Gasteiger charge is 2.39. The van der Waals surface area contributed by atoms with Crippen molar-refractivity contribution in [3.05, 3.63) is 51.5 Å². The standard InChI is InChI=1S/C12H10ClNS2/c13-7-5-8(15)11(14)10-6-3-1-2-4-9(6)16-12(7)10/h1-5,10,12,15H,14H2. The lowest BCUT2D eigenvalue weighted by atomic mass is 9.89. The van der Waals surface area contributed by atoms with Crippen molar-refractivity contribution in [1.29, 1.82) is 0 Å². The molecule has 0 radical (unpaired) electrons. The maximum Gasteiger partial charge on any atom is 0.0576 e. The quantitative estimate of drug-likeness (QED) is 0.704. The first-order chi connectivity index (χ1) is 7.68. The van der Waals surface area contributed by atoms with Gasteiger partial charge in [-0.25, -0.2) is 0 Å². The van der Waals surface area contributed by atoms with E-state index in [1.165, 1.54) is 10.5 Å². The van der Waals surface area contributed by atoms with Gasteiger partial charge in [-0.15, -0.1) is 24.4 Å². The van der Waals surface area contributed by atoms with Crippen LogP contribution in [0.3, 0.4) is 0 Å². The van der Waals surface area contributed by atoms with Crippen molar-refractivity contribution in [2.24, 2.45) is 5.73 Å². The van der Waals surface area contributed by atoms with E-state index in [0.717, 1.165) is 15.6 Å². The van der Waals surface area contributed by atoms with Gasteiger partial charge in [0.15, 0.2) is 0 Å². The SMILES string of the molecule is NC1=C(S)C=C(Cl)C2Sc3ccccc3C12. The molecule has 1 heterocycles. The van der Waals surface area contributed by atoms with Gasteiger partial charge >= 0.3 is 0 Å². The first-order valence-corrected chi connectivity index (χ1v) is 6.70. The summed E-state index contributed by atoms with van der Waals surface area (Å²) in [5.41, 5.74) is 8.23. The molecule has 0 saturated carbocycles. The lowest BCUT2D eigenvalue weighted by molar-refractivity contribution is 0.798. The Labute approximate surface area is 109 Å². The number of benzene rings is 1. The summed E-state index contributed by atoms with van der Waals surface area (Å²) in [7, 11) is 0. The molecule has 0 aromatic heterocycles. The van der Waals surface area contributed by atoms with E-state index in [-0.39, 0.29) is 11.2 Å². The molecule has 3 rings (SSSR count). The average molecular weight is 268 g/mol. The molecule has 0 spiro atoms. The highest BCUT2D eigenvalue weighted by Crippen LogP contribution is 2.53. The van der Waals surface area contributed by atoms with Crippen LogP contribution in [0.1, 0.15) is 11.5 Å². The lowest BCUT2D eigenvalue weighted by Gasteiger charge is -2.24. The number of thioether (sulfide) groups is 1. The van der Waals surface area contributed by atoms with Gasteiger partial charge in [-0.05, 0) is 17.7 Å². The molecule has 2 atom stereocenters. The fraction of sp³-hybridized carbons (Fsp3) is 0.167. The van der Waals surface area contributed by atoms with E-state index in [2.05, 4.69) is 24.8 Å². The molecule has 82 valence electrons. The molecule has 4 heteroatoms. The van der Waals surface area contributed by atoms with Crippen molar-refractivity contribution in [3.63, 3.8) is 0 Å². The van der Waals surface area contributed by atoms with E-state index in [9.17, 15) is 0 Å². The first kappa shape index (κ1) is 10.6. The molecule has 2 unspecified atom stereocenters. The molecule has 1 aliphatic carbocycles. The summed E-state index contributed by atoms with van der Waals surface area (Å²) in [6.45, 7) is 0. The highest BCUT2D eigenvalue weighted by molar-refractivity contribution is 8.00. The molecular weight excluding hydrogens is 258 g/mol. The van der Waals surface area contributed by atoms with Crippen LogP contribution < -0.4 is 5.73 Å². The summed E-state index contributed by atoms with van der Waals surface area (Å²) >= 11 is 12.4. The van der Waals surface area contributed by atoms with E-state index < -0.39 is 0 Å². The summed E-state index contributed by atoms with van der Waals surface area (Å²) in [5, 5.41) is 1.07. The van der Waals surface area contributed by atoms with Gasteiger partial charge in [0.1, 0.15) is 0 Å². The molecule has 2 N–H and O–H groups in total. The predicted octanol–water partition coefficient (Wildman–Crippen LogP) is 3.48. The summed E-state index contributed by atoms with van der Waals surface area (Å²) in [6, 6.07) is 8.33. The smallest absolute Gasteiger partial charge is 0.0576 e. The number of halogens is 1. The normalized spacial score (nSPS) is 27.5. The summed E-state index contributed by atoms with van der Waals surface area (Å²) in [5.74, 6) is 0.186. The van der Waals surface area contributed by atoms with Crippen molar-refractivity contribution < 1.29 is 0 Å². The van der Waals surface area contributed by atoms with Gasteiger partial charge in [-0.3, -0.25) is 0 Å². The third-order valence-corrected chi connectivity index (χ3v) is 5.25. The molecule has 1 aliphatic heterocycles. The van der Waals surface area contributed by atoms with Crippen molar-refractivity contribution >= 4 is 36.0 Å². The fourth-order valence-electron chi connectivity index (χ4n) is 2.21. The monoisotopic (exact) mass is 267 g/mol. The Morgan fingerprint density at radius 2 is 2.06 bits per heavy atom. The minimum Gasteiger partial charge on any atom is -0.401 e. The Morgan fingerprint density at radius 3 is 2.88 bits per heavy atom. The third-order valence-electron chi connectivity index (χ3n) is 2.99. The molecule has 1 nitrogen and oxygen atoms in total. The van der Waals surface area contributed by atoms with E-state index in [0.29, 0.717) is 0 Å². The van der Waals surface area contributed by atoms with Crippen LogP contribution in [0.15, 0.2) is 50.9 Å². The van der Waals surface area contributed by atoms with Gasteiger partial charge in [0, 0.05) is 26.4 Å². The molecule has 2 aliphatic rings. The first-order valence-electron chi connectivity index (χ1n) is 5.00. The van der Waals surface area contributed by atoms with Crippen LogP contribution in [-0.2, 0) is 0 Å². The van der Waals surface area contributed by atoms with Crippen LogP contribution in [0.4, 0.5) is 0 Å². The van der Waals surface area contributed by atoms with E-state index in [1.807, 2.05) is 18.2 Å². The van der Waals surface area contributed by atoms with Gasteiger partial charge in [-0.1, -0.05) is 29.8 Å². The highest BCUT2D eigenvalue weighted by atomic mass is 35.5. The van der Waals surface area contributed by atoms with E-state index in [1.54, 1.807) is 11.8 Å². The Kier molecular flexibility index (Phi) is 2.50. The molecule has 0 fully saturated rings. The predicted molar refractivity (Wildman–Crippen MR) is 73.0 cm³/mol. The van der Waals surface area contributed by atoms with Gasteiger partial charge in [0.05, 0.1) is 5.25 Å². The van der Waals surface area contributed by atoms with Crippen molar-refractivity contribution in [2.75, 3.05) is 0 Å². The fourth-order valence-corrected chi connectivity index (χ4v) is 4.31. The molecule has 1 aromatic rings. The second-order valence-electron chi connectivity index (χ2n) is 3.92. The Morgan fingerprint density at radius 1 is 1.31 bits per heavy atom. The minimum absolute atomic E-state index is 0.186. The number of fused-ring (bicyclic) bond motifs is 3. The van der Waals surface area contributed by atoms with Gasteiger partial charge in [0.2, 0.25) is 0 Å². The largest absolute Gasteiger partial charge is 0.401 e. The Bertz CT molecular complexity index is 522. The number of thiol groups is 1. The number of hydrogen-bond donors (Lipinski definition) is 2. The molecule has 16 heavy (non-hydrogen) atoms. The van der Waals surface area contributed by atoms with Crippen LogP contribution in [0.25, 0.3) is 0 Å². The Hall–Kier alpha value is -0.510. The molecular formula is C12H10ClNS2. The number of allylic oxidation sites excluding steroid dienone is 2. The molecule has 0 saturated heterocycles. The second kappa shape index (κ2) is 3.76. The van der Waals surface area contributed by atoms with Gasteiger partial charge < -0.3 is 5.73 Å². The van der Waals surface area contributed by atoms with Crippen LogP contribution in [0.5, 0.6) is 0 Å². The number of nitrogens with two attached hydrogens (primary N) is 1. The topological polar surface area (TPSA) is 26.0 Å². The Balaban J connectivity index is 2.18. The average Bonchev–Trinajstić information content (AvgIpc) is 2.66. The second-order valence-corrected chi connectivity index (χ2v) is 6.03. The van der Waals surface area contributed by atoms with E-state index in [4.69, 9.17) is 17.3 Å². The zero-order valence-corrected chi connectivity index (χ0v) is 10.8. The molecule has 0 bridgehead atoms. The summed E-state index contributed by atoms with van der Waals surface area (Å²) < 4.78 is 0. The van der Waals surface area contributed by atoms with Crippen LogP contribution >= 0.6 is 36.0 Å². The maximum atomic E-state index is 6.27. The van der Waals surface area contributed by atoms with Gasteiger partial charge in [-0.2, -0.15) is 0 Å². The third kappa shape index (κ3) is 1.42. The number of hydrogen-bond acceptors (Lipinski definition) is 3. The lowest BCUT2D eigenvalue weighted by Crippen LogP contribution is -2.22. The zero-order chi connectivity index (χ0) is 11.3. The van der Waals surface area contributed by atoms with E-state index >= 15 is 0 Å². The maximum absolute atomic E-state index is 6.27. The molecule has 1 aromatic carbocycles. The van der Waals surface area contributed by atoms with Crippen molar-refractivity contribution in [2.45, 2.75) is 16.1 Å². The van der Waals surface area contributed by atoms with Crippen LogP contribution in [-0.4, -0.2) is 5.25 Å². The number of rotatable bonds is 0. The van der Waals surface area contributed by atoms with Crippen LogP contribution in [0.2, 0.25) is 0 Å². The zero-order valence-electron chi connectivity index (χ0n) is 8.35. The minimum atomic E-state index is 0.186. The van der Waals surface area contributed by atoms with Crippen molar-refractivity contribution in [1.82, 2.24) is 0 Å². The summed E-state index contributed by atoms with van der Waals surface area (Å²) in [6.07, 6.45) is 1.86. The molecule has 0 amide bonds. The van der Waals surface area contributed by atoms with Crippen molar-refractivity contribution in [3.8, 4) is 0 Å². The van der Waals surface area contributed by atoms with Crippen LogP contribution in [0, 0.1) is 0 Å².